The quantitative estimate of drug-likeness (QED) is 0.701. The first-order chi connectivity index (χ1) is 11.1. The number of para-hydroxylation sites is 1. The molecule has 1 heterocycles. The molecule has 1 amide bonds. The predicted molar refractivity (Wildman–Crippen MR) is 108 cm³/mol. The van der Waals surface area contributed by atoms with Gasteiger partial charge in [-0.25, -0.2) is 0 Å². The Bertz CT molecular complexity index is 507. The van der Waals surface area contributed by atoms with E-state index in [2.05, 4.69) is 35.4 Å². The smallest absolute Gasteiger partial charge is 0.224 e. The number of nitrogens with one attached hydrogen (secondary N) is 2. The zero-order valence-corrected chi connectivity index (χ0v) is 16.9. The Hall–Kier alpha value is -0.850. The van der Waals surface area contributed by atoms with Crippen molar-refractivity contribution >= 4 is 36.4 Å². The number of morpholine rings is 1. The lowest BCUT2D eigenvalue weighted by Gasteiger charge is -2.35. The van der Waals surface area contributed by atoms with Crippen molar-refractivity contribution in [2.24, 2.45) is 0 Å². The minimum atomic E-state index is 0. The van der Waals surface area contributed by atoms with Crippen molar-refractivity contribution in [1.29, 1.82) is 0 Å². The Morgan fingerprint density at radius 1 is 1.20 bits per heavy atom. The summed E-state index contributed by atoms with van der Waals surface area (Å²) in [6, 6.07) is 8.07. The number of rotatable bonds is 7. The van der Waals surface area contributed by atoms with Crippen LogP contribution in [0.2, 0.25) is 0 Å². The lowest BCUT2D eigenvalue weighted by molar-refractivity contribution is -0.116. The molecule has 7 heteroatoms. The molecule has 2 unspecified atom stereocenters. The van der Waals surface area contributed by atoms with Gasteiger partial charge in [0.05, 0.1) is 12.2 Å². The molecule has 0 aliphatic carbocycles. The molecule has 0 spiro atoms. The number of benzene rings is 1. The van der Waals surface area contributed by atoms with Crippen molar-refractivity contribution in [3.05, 3.63) is 29.8 Å². The molecule has 0 radical (unpaired) electrons. The summed E-state index contributed by atoms with van der Waals surface area (Å²) >= 11 is 0. The van der Waals surface area contributed by atoms with Gasteiger partial charge in [-0.15, -0.1) is 24.8 Å². The molecule has 2 N–H and O–H groups in total. The summed E-state index contributed by atoms with van der Waals surface area (Å²) in [4.78, 5) is 14.5. The number of hydrogen-bond acceptors (Lipinski definition) is 4. The molecule has 1 saturated heterocycles. The van der Waals surface area contributed by atoms with Gasteiger partial charge in [0, 0.05) is 31.7 Å². The second-order valence-electron chi connectivity index (χ2n) is 6.36. The van der Waals surface area contributed by atoms with Gasteiger partial charge >= 0.3 is 0 Å². The Kier molecular flexibility index (Phi) is 12.1. The van der Waals surface area contributed by atoms with Crippen LogP contribution in [0.4, 0.5) is 5.69 Å². The molecule has 5 nitrogen and oxygen atoms in total. The highest BCUT2D eigenvalue weighted by molar-refractivity contribution is 5.91. The summed E-state index contributed by atoms with van der Waals surface area (Å²) in [6.07, 6.45) is 1.90. The average Bonchev–Trinajstić information content (AvgIpc) is 2.48. The van der Waals surface area contributed by atoms with Crippen molar-refractivity contribution < 1.29 is 9.53 Å². The van der Waals surface area contributed by atoms with E-state index in [0.717, 1.165) is 43.9 Å². The molecule has 0 saturated carbocycles. The number of carbonyl (C=O) groups excluding carboxylic acids is 1. The van der Waals surface area contributed by atoms with E-state index in [9.17, 15) is 4.79 Å². The van der Waals surface area contributed by atoms with Crippen molar-refractivity contribution in [3.8, 4) is 0 Å². The first kappa shape index (κ1) is 24.1. The van der Waals surface area contributed by atoms with Gasteiger partial charge in [0.1, 0.15) is 0 Å². The van der Waals surface area contributed by atoms with E-state index in [4.69, 9.17) is 4.74 Å². The SMILES string of the molecule is CNCCCC(=O)Nc1ccccc1CN1CC(C)OC(C)C1.Cl.Cl. The highest BCUT2D eigenvalue weighted by atomic mass is 35.5. The molecule has 1 aliphatic heterocycles. The first-order valence-electron chi connectivity index (χ1n) is 8.48. The Labute approximate surface area is 163 Å². The standard InChI is InChI=1S/C18H29N3O2.2ClH/c1-14-11-21(12-15(2)23-14)13-16-7-4-5-8-17(16)20-18(22)9-6-10-19-3;;/h4-5,7-8,14-15,19H,6,9-13H2,1-3H3,(H,20,22);2*1H. The molecule has 1 aromatic carbocycles. The molecule has 1 aromatic rings. The van der Waals surface area contributed by atoms with Crippen LogP contribution in [0.5, 0.6) is 0 Å². The Balaban J connectivity index is 0.00000288. The van der Waals surface area contributed by atoms with Crippen LogP contribution in [-0.4, -0.2) is 49.7 Å². The summed E-state index contributed by atoms with van der Waals surface area (Å²) in [6.45, 7) is 7.77. The summed E-state index contributed by atoms with van der Waals surface area (Å²) < 4.78 is 5.79. The summed E-state index contributed by atoms with van der Waals surface area (Å²) in [5.41, 5.74) is 2.09. The fourth-order valence-corrected chi connectivity index (χ4v) is 3.07. The second-order valence-corrected chi connectivity index (χ2v) is 6.36. The number of halogens is 2. The van der Waals surface area contributed by atoms with Crippen LogP contribution >= 0.6 is 24.8 Å². The molecule has 1 fully saturated rings. The summed E-state index contributed by atoms with van der Waals surface area (Å²) in [5, 5.41) is 6.12. The van der Waals surface area contributed by atoms with Crippen LogP contribution < -0.4 is 10.6 Å². The lowest BCUT2D eigenvalue weighted by Crippen LogP contribution is -2.44. The van der Waals surface area contributed by atoms with Gasteiger partial charge in [-0.2, -0.15) is 0 Å². The Morgan fingerprint density at radius 3 is 2.48 bits per heavy atom. The molecular formula is C18H31Cl2N3O2. The minimum absolute atomic E-state index is 0. The van der Waals surface area contributed by atoms with Gasteiger partial charge in [0.25, 0.3) is 0 Å². The maximum absolute atomic E-state index is 12.1. The van der Waals surface area contributed by atoms with Gasteiger partial charge in [0.15, 0.2) is 0 Å². The number of carbonyl (C=O) groups is 1. The Morgan fingerprint density at radius 2 is 1.84 bits per heavy atom. The first-order valence-corrected chi connectivity index (χ1v) is 8.48. The zero-order chi connectivity index (χ0) is 16.7. The van der Waals surface area contributed by atoms with Crippen molar-refractivity contribution in [3.63, 3.8) is 0 Å². The van der Waals surface area contributed by atoms with Crippen molar-refractivity contribution in [1.82, 2.24) is 10.2 Å². The predicted octanol–water partition coefficient (Wildman–Crippen LogP) is 3.08. The van der Waals surface area contributed by atoms with Crippen LogP contribution in [-0.2, 0) is 16.1 Å². The van der Waals surface area contributed by atoms with Crippen molar-refractivity contribution in [2.45, 2.75) is 45.4 Å². The topological polar surface area (TPSA) is 53.6 Å². The summed E-state index contributed by atoms with van der Waals surface area (Å²) in [5.74, 6) is 0.0800. The average molecular weight is 392 g/mol. The maximum atomic E-state index is 12.1. The second kappa shape index (κ2) is 12.5. The summed E-state index contributed by atoms with van der Waals surface area (Å²) in [7, 11) is 1.90. The van der Waals surface area contributed by atoms with Gasteiger partial charge in [0.2, 0.25) is 5.91 Å². The minimum Gasteiger partial charge on any atom is -0.373 e. The third-order valence-corrected chi connectivity index (χ3v) is 4.01. The van der Waals surface area contributed by atoms with Gasteiger partial charge in [-0.05, 0) is 45.5 Å². The van der Waals surface area contributed by atoms with Gasteiger partial charge in [-0.1, -0.05) is 18.2 Å². The number of anilines is 1. The largest absolute Gasteiger partial charge is 0.373 e. The zero-order valence-electron chi connectivity index (χ0n) is 15.3. The molecule has 0 bridgehead atoms. The van der Waals surface area contributed by atoms with E-state index in [1.807, 2.05) is 25.2 Å². The van der Waals surface area contributed by atoms with Gasteiger partial charge < -0.3 is 15.4 Å². The molecule has 1 aliphatic rings. The fraction of sp³-hybridized carbons (Fsp3) is 0.611. The van der Waals surface area contributed by atoms with E-state index in [1.165, 1.54) is 0 Å². The van der Waals surface area contributed by atoms with Gasteiger partial charge in [-0.3, -0.25) is 9.69 Å². The van der Waals surface area contributed by atoms with Crippen molar-refractivity contribution in [2.75, 3.05) is 32.0 Å². The monoisotopic (exact) mass is 391 g/mol. The highest BCUT2D eigenvalue weighted by Gasteiger charge is 2.22. The number of amides is 1. The maximum Gasteiger partial charge on any atom is 0.224 e. The van der Waals surface area contributed by atoms with E-state index in [1.54, 1.807) is 0 Å². The number of ether oxygens (including phenoxy) is 1. The molecule has 0 aromatic heterocycles. The molecular weight excluding hydrogens is 361 g/mol. The van der Waals surface area contributed by atoms with E-state index >= 15 is 0 Å². The van der Waals surface area contributed by atoms with Crippen LogP contribution in [0, 0.1) is 0 Å². The third-order valence-electron chi connectivity index (χ3n) is 4.01. The van der Waals surface area contributed by atoms with Crippen LogP contribution in [0.1, 0.15) is 32.3 Å². The van der Waals surface area contributed by atoms with Crippen LogP contribution in [0.25, 0.3) is 0 Å². The number of hydrogen-bond donors (Lipinski definition) is 2. The lowest BCUT2D eigenvalue weighted by atomic mass is 10.1. The third kappa shape index (κ3) is 8.38. The van der Waals surface area contributed by atoms with E-state index < -0.39 is 0 Å². The fourth-order valence-electron chi connectivity index (χ4n) is 3.07. The highest BCUT2D eigenvalue weighted by Crippen LogP contribution is 2.20. The molecule has 25 heavy (non-hydrogen) atoms. The number of nitrogens with zero attached hydrogens (tertiary/aromatic N) is 1. The molecule has 2 atom stereocenters. The van der Waals surface area contributed by atoms with E-state index in [-0.39, 0.29) is 42.9 Å². The van der Waals surface area contributed by atoms with Crippen LogP contribution in [0.3, 0.4) is 0 Å². The van der Waals surface area contributed by atoms with E-state index in [0.29, 0.717) is 6.42 Å². The van der Waals surface area contributed by atoms with Crippen LogP contribution in [0.15, 0.2) is 24.3 Å². The molecule has 144 valence electrons. The molecule has 2 rings (SSSR count). The normalized spacial score (nSPS) is 20.3.